The highest BCUT2D eigenvalue weighted by molar-refractivity contribution is 6.37. The Balaban J connectivity index is 1.98. The minimum atomic E-state index is -0.666. The third kappa shape index (κ3) is 6.19. The van der Waals surface area contributed by atoms with E-state index in [1.807, 2.05) is 13.9 Å². The predicted molar refractivity (Wildman–Crippen MR) is 132 cm³/mol. The van der Waals surface area contributed by atoms with Gasteiger partial charge in [-0.1, -0.05) is 29.7 Å². The van der Waals surface area contributed by atoms with E-state index in [2.05, 4.69) is 22.4 Å². The van der Waals surface area contributed by atoms with Crippen LogP contribution in [0.1, 0.15) is 23.2 Å². The molecule has 1 heterocycles. The van der Waals surface area contributed by atoms with Crippen molar-refractivity contribution in [2.24, 2.45) is 0 Å². The maximum atomic E-state index is 15.6. The molecule has 0 aliphatic rings. The van der Waals surface area contributed by atoms with Gasteiger partial charge < -0.3 is 14.6 Å². The SMILES string of the molecule is Bc1ccc(Nc2c(C(=O)NOCCOC=C)cc3c(ncn3CCCCCl)c2F)c(Cl)c1. The van der Waals surface area contributed by atoms with E-state index in [1.165, 1.54) is 6.26 Å². The number of hydrogen-bond donors (Lipinski definition) is 2. The molecule has 2 aromatic carbocycles. The Labute approximate surface area is 202 Å². The largest absolute Gasteiger partial charge is 0.499 e. The van der Waals surface area contributed by atoms with E-state index in [0.717, 1.165) is 18.3 Å². The highest BCUT2D eigenvalue weighted by atomic mass is 35.5. The highest BCUT2D eigenvalue weighted by Crippen LogP contribution is 2.33. The molecule has 0 bridgehead atoms. The van der Waals surface area contributed by atoms with Gasteiger partial charge in [0.15, 0.2) is 5.82 Å². The van der Waals surface area contributed by atoms with Crippen molar-refractivity contribution < 1.29 is 18.8 Å². The van der Waals surface area contributed by atoms with Gasteiger partial charge in [0, 0.05) is 12.4 Å². The fourth-order valence-corrected chi connectivity index (χ4v) is 3.69. The summed E-state index contributed by atoms with van der Waals surface area (Å²) in [6.45, 7) is 4.32. The first-order valence-corrected chi connectivity index (χ1v) is 11.3. The number of rotatable bonds is 12. The molecule has 0 radical (unpaired) electrons. The Morgan fingerprint density at radius 2 is 2.12 bits per heavy atom. The number of carbonyl (C=O) groups excluding carboxylic acids is 1. The zero-order valence-electron chi connectivity index (χ0n) is 18.2. The van der Waals surface area contributed by atoms with Gasteiger partial charge in [-0.05, 0) is 31.0 Å². The van der Waals surface area contributed by atoms with Crippen molar-refractivity contribution in [3.8, 4) is 0 Å². The number of benzene rings is 2. The Bertz CT molecular complexity index is 1140. The highest BCUT2D eigenvalue weighted by Gasteiger charge is 2.22. The molecular formula is C22H24BCl2FN4O3. The second-order valence-corrected chi connectivity index (χ2v) is 8.03. The molecule has 3 aromatic rings. The predicted octanol–water partition coefficient (Wildman–Crippen LogP) is 3.67. The van der Waals surface area contributed by atoms with Gasteiger partial charge in [0.1, 0.15) is 26.6 Å². The number of carbonyl (C=O) groups is 1. The van der Waals surface area contributed by atoms with Gasteiger partial charge in [-0.25, -0.2) is 14.9 Å². The third-order valence-electron chi connectivity index (χ3n) is 4.85. The van der Waals surface area contributed by atoms with Crippen LogP contribution in [-0.4, -0.2) is 42.4 Å². The van der Waals surface area contributed by atoms with Gasteiger partial charge >= 0.3 is 0 Å². The summed E-state index contributed by atoms with van der Waals surface area (Å²) >= 11 is 12.1. The topological polar surface area (TPSA) is 77.4 Å². The second kappa shape index (κ2) is 11.9. The van der Waals surface area contributed by atoms with Crippen LogP contribution in [0.3, 0.4) is 0 Å². The summed E-state index contributed by atoms with van der Waals surface area (Å²) < 4.78 is 22.4. The number of nitrogens with one attached hydrogen (secondary N) is 2. The smallest absolute Gasteiger partial charge is 0.277 e. The van der Waals surface area contributed by atoms with Crippen molar-refractivity contribution >= 4 is 64.8 Å². The van der Waals surface area contributed by atoms with Crippen molar-refractivity contribution in [1.82, 2.24) is 15.0 Å². The van der Waals surface area contributed by atoms with Gasteiger partial charge in [-0.2, -0.15) is 0 Å². The fraction of sp³-hybridized carbons (Fsp3) is 0.273. The monoisotopic (exact) mass is 492 g/mol. The Hall–Kier alpha value is -2.75. The number of hydroxylamine groups is 1. The average molecular weight is 493 g/mol. The van der Waals surface area contributed by atoms with Crippen LogP contribution in [0.25, 0.3) is 11.0 Å². The summed E-state index contributed by atoms with van der Waals surface area (Å²) in [5.41, 5.74) is 4.35. The molecule has 0 atom stereocenters. The van der Waals surface area contributed by atoms with Crippen LogP contribution in [0.4, 0.5) is 15.8 Å². The van der Waals surface area contributed by atoms with Gasteiger partial charge in [0.25, 0.3) is 5.91 Å². The lowest BCUT2D eigenvalue weighted by atomic mass is 9.96. The van der Waals surface area contributed by atoms with Crippen molar-refractivity contribution in [1.29, 1.82) is 0 Å². The number of aryl methyl sites for hydroxylation is 1. The summed E-state index contributed by atoms with van der Waals surface area (Å²) in [5, 5.41) is 3.35. The zero-order valence-corrected chi connectivity index (χ0v) is 19.7. The van der Waals surface area contributed by atoms with Crippen LogP contribution in [0.2, 0.25) is 5.02 Å². The minimum Gasteiger partial charge on any atom is -0.499 e. The minimum absolute atomic E-state index is 0.0420. The Morgan fingerprint density at radius 1 is 1.30 bits per heavy atom. The lowest BCUT2D eigenvalue weighted by Crippen LogP contribution is -2.26. The molecule has 33 heavy (non-hydrogen) atoms. The number of imidazole rings is 1. The normalized spacial score (nSPS) is 10.9. The van der Waals surface area contributed by atoms with Gasteiger partial charge in [-0.15, -0.1) is 11.6 Å². The van der Waals surface area contributed by atoms with E-state index in [0.29, 0.717) is 28.7 Å². The molecule has 2 N–H and O–H groups in total. The standard InChI is InChI=1S/C22H24BCl2FN4O3/c1-2-32-9-10-33-29-22(31)15-12-18-21(27-13-30(18)8-4-3-7-24)19(26)20(15)28-17-6-5-14(23)11-16(17)25/h2,5-6,11-13,28H,1,3-4,7-10,23H2,(H,29,31). The second-order valence-electron chi connectivity index (χ2n) is 7.24. The first kappa shape index (κ1) is 24.9. The maximum absolute atomic E-state index is 15.6. The van der Waals surface area contributed by atoms with E-state index in [-0.39, 0.29) is 30.0 Å². The quantitative estimate of drug-likeness (QED) is 0.133. The molecule has 0 aliphatic carbocycles. The first-order chi connectivity index (χ1) is 16.0. The molecule has 1 amide bonds. The zero-order chi connectivity index (χ0) is 23.8. The van der Waals surface area contributed by atoms with Crippen LogP contribution < -0.4 is 16.3 Å². The maximum Gasteiger partial charge on any atom is 0.277 e. The number of nitrogens with zero attached hydrogens (tertiary/aromatic N) is 2. The molecule has 0 unspecified atom stereocenters. The van der Waals surface area contributed by atoms with E-state index >= 15 is 4.39 Å². The summed E-state index contributed by atoms with van der Waals surface area (Å²) in [7, 11) is 1.89. The van der Waals surface area contributed by atoms with Crippen LogP contribution in [0.15, 0.2) is 43.4 Å². The number of anilines is 2. The number of hydrogen-bond acceptors (Lipinski definition) is 5. The number of alkyl halides is 1. The summed E-state index contributed by atoms with van der Waals surface area (Å²) in [4.78, 5) is 22.3. The lowest BCUT2D eigenvalue weighted by molar-refractivity contribution is 0.0145. The number of amides is 1. The molecule has 3 rings (SSSR count). The van der Waals surface area contributed by atoms with Crippen molar-refractivity contribution in [3.05, 3.63) is 59.8 Å². The first-order valence-electron chi connectivity index (χ1n) is 10.4. The summed E-state index contributed by atoms with van der Waals surface area (Å²) in [5.74, 6) is -0.763. The van der Waals surface area contributed by atoms with Crippen LogP contribution in [-0.2, 0) is 16.1 Å². The molecule has 11 heteroatoms. The molecule has 7 nitrogen and oxygen atoms in total. The van der Waals surface area contributed by atoms with Gasteiger partial charge in [0.2, 0.25) is 0 Å². The van der Waals surface area contributed by atoms with Gasteiger partial charge in [-0.3, -0.25) is 9.63 Å². The fourth-order valence-electron chi connectivity index (χ4n) is 3.21. The molecule has 174 valence electrons. The number of fused-ring (bicyclic) bond motifs is 1. The number of unbranched alkanes of at least 4 members (excludes halogenated alkanes) is 1. The number of halogens is 3. The molecule has 1 aromatic heterocycles. The van der Waals surface area contributed by atoms with Crippen LogP contribution in [0, 0.1) is 5.82 Å². The van der Waals surface area contributed by atoms with Gasteiger partial charge in [0.05, 0.1) is 40.1 Å². The van der Waals surface area contributed by atoms with E-state index in [1.54, 1.807) is 29.1 Å². The molecule has 0 saturated heterocycles. The summed E-state index contributed by atoms with van der Waals surface area (Å²) in [6, 6.07) is 6.87. The lowest BCUT2D eigenvalue weighted by Gasteiger charge is -2.16. The van der Waals surface area contributed by atoms with Crippen molar-refractivity contribution in [2.45, 2.75) is 19.4 Å². The number of aromatic nitrogens is 2. The summed E-state index contributed by atoms with van der Waals surface area (Å²) in [6.07, 6.45) is 4.43. The van der Waals surface area contributed by atoms with Crippen LogP contribution >= 0.6 is 23.2 Å². The number of ether oxygens (including phenoxy) is 1. The van der Waals surface area contributed by atoms with E-state index < -0.39 is 11.7 Å². The molecule has 0 fully saturated rings. The molecule has 0 saturated carbocycles. The van der Waals surface area contributed by atoms with Crippen molar-refractivity contribution in [2.75, 3.05) is 24.4 Å². The molecule has 0 aliphatic heterocycles. The van der Waals surface area contributed by atoms with E-state index in [9.17, 15) is 4.79 Å². The van der Waals surface area contributed by atoms with Crippen molar-refractivity contribution in [3.63, 3.8) is 0 Å². The molecule has 0 spiro atoms. The Kier molecular flexibility index (Phi) is 8.99. The average Bonchev–Trinajstić information content (AvgIpc) is 3.20. The molecular weight excluding hydrogens is 469 g/mol. The van der Waals surface area contributed by atoms with E-state index in [4.69, 9.17) is 32.8 Å². The Morgan fingerprint density at radius 3 is 2.85 bits per heavy atom. The van der Waals surface area contributed by atoms with Crippen LogP contribution in [0.5, 0.6) is 0 Å². The third-order valence-corrected chi connectivity index (χ3v) is 5.43.